The van der Waals surface area contributed by atoms with Crippen molar-refractivity contribution in [3.63, 3.8) is 0 Å². The molecule has 120 valence electrons. The molecule has 10 heteroatoms. The number of nitrogens with zero attached hydrogens (tertiary/aromatic N) is 1. The highest BCUT2D eigenvalue weighted by Crippen LogP contribution is 2.36. The van der Waals surface area contributed by atoms with Gasteiger partial charge in [0.2, 0.25) is 10.0 Å². The minimum Gasteiger partial charge on any atom is -0.371 e. The van der Waals surface area contributed by atoms with Crippen molar-refractivity contribution in [2.45, 2.75) is 24.0 Å². The van der Waals surface area contributed by atoms with Crippen LogP contribution < -0.4 is 10.0 Å². The lowest BCUT2D eigenvalue weighted by molar-refractivity contribution is -0.383. The summed E-state index contributed by atoms with van der Waals surface area (Å²) in [4.78, 5) is 10.4. The average Bonchev–Trinajstić information content (AvgIpc) is 2.86. The van der Waals surface area contributed by atoms with Crippen LogP contribution in [0.5, 0.6) is 0 Å². The van der Waals surface area contributed by atoms with Crippen LogP contribution in [0.4, 0.5) is 10.7 Å². The van der Waals surface area contributed by atoms with E-state index in [-0.39, 0.29) is 14.9 Å². The molecule has 0 bridgehead atoms. The molecule has 0 fully saturated rings. The van der Waals surface area contributed by atoms with Gasteiger partial charge in [-0.3, -0.25) is 10.1 Å². The molecule has 1 aromatic heterocycles. The molecule has 0 amide bonds. The molecule has 0 aliphatic carbocycles. The molecule has 0 saturated heterocycles. The van der Waals surface area contributed by atoms with E-state index >= 15 is 0 Å². The molecule has 21 heavy (non-hydrogen) atoms. The zero-order valence-electron chi connectivity index (χ0n) is 11.9. The fourth-order valence-corrected chi connectivity index (χ4v) is 4.39. The average molecular weight is 353 g/mol. The molecule has 1 heterocycles. The van der Waals surface area contributed by atoms with E-state index < -0.39 is 14.9 Å². The van der Waals surface area contributed by atoms with Crippen molar-refractivity contribution < 1.29 is 13.3 Å². The highest BCUT2D eigenvalue weighted by molar-refractivity contribution is 7.98. The van der Waals surface area contributed by atoms with Gasteiger partial charge in [0.25, 0.3) is 0 Å². The van der Waals surface area contributed by atoms with Crippen LogP contribution in [0.3, 0.4) is 0 Å². The molecular weight excluding hydrogens is 334 g/mol. The first kappa shape index (κ1) is 18.2. The van der Waals surface area contributed by atoms with Crippen LogP contribution >= 0.6 is 23.1 Å². The van der Waals surface area contributed by atoms with Crippen molar-refractivity contribution >= 4 is 43.8 Å². The Balaban J connectivity index is 2.88. The van der Waals surface area contributed by atoms with E-state index in [0.717, 1.165) is 36.0 Å². The van der Waals surface area contributed by atoms with Crippen molar-refractivity contribution in [2.24, 2.45) is 0 Å². The Kier molecular flexibility index (Phi) is 7.43. The Morgan fingerprint density at radius 1 is 1.43 bits per heavy atom. The van der Waals surface area contributed by atoms with Gasteiger partial charge in [-0.2, -0.15) is 11.8 Å². The molecule has 0 atom stereocenters. The van der Waals surface area contributed by atoms with Crippen LogP contribution in [-0.2, 0) is 10.0 Å². The van der Waals surface area contributed by atoms with E-state index in [1.807, 2.05) is 13.2 Å². The summed E-state index contributed by atoms with van der Waals surface area (Å²) in [6.45, 7) is 2.81. The van der Waals surface area contributed by atoms with Gasteiger partial charge in [-0.1, -0.05) is 18.3 Å². The third-order valence-electron chi connectivity index (χ3n) is 2.50. The SMILES string of the molecule is CCCNc1sc(S(=O)(=O)NCCCSC)cc1[N+](=O)[O-]. The topological polar surface area (TPSA) is 101 Å². The Morgan fingerprint density at radius 3 is 2.71 bits per heavy atom. The smallest absolute Gasteiger partial charge is 0.304 e. The van der Waals surface area contributed by atoms with E-state index in [0.29, 0.717) is 13.1 Å². The maximum absolute atomic E-state index is 12.1. The predicted octanol–water partition coefficient (Wildman–Crippen LogP) is 2.51. The summed E-state index contributed by atoms with van der Waals surface area (Å²) in [5.74, 6) is 0.858. The molecule has 0 aromatic carbocycles. The fourth-order valence-electron chi connectivity index (χ4n) is 1.49. The zero-order valence-corrected chi connectivity index (χ0v) is 14.4. The summed E-state index contributed by atoms with van der Waals surface area (Å²) < 4.78 is 26.6. The highest BCUT2D eigenvalue weighted by atomic mass is 32.2. The van der Waals surface area contributed by atoms with Gasteiger partial charge < -0.3 is 5.32 Å². The fraction of sp³-hybridized carbons (Fsp3) is 0.636. The lowest BCUT2D eigenvalue weighted by Crippen LogP contribution is -2.24. The summed E-state index contributed by atoms with van der Waals surface area (Å²) in [6.07, 6.45) is 3.46. The lowest BCUT2D eigenvalue weighted by atomic mass is 10.4. The molecule has 1 rings (SSSR count). The second kappa shape index (κ2) is 8.57. The minimum absolute atomic E-state index is 0.0306. The number of anilines is 1. The standard InChI is InChI=1S/C11H19N3O4S3/c1-3-5-12-11-9(14(15)16)8-10(20-11)21(17,18)13-6-4-7-19-2/h8,12-13H,3-7H2,1-2H3. The van der Waals surface area contributed by atoms with Crippen molar-refractivity contribution in [1.29, 1.82) is 0 Å². The molecule has 1 aromatic rings. The molecule has 0 saturated carbocycles. The van der Waals surface area contributed by atoms with E-state index in [2.05, 4.69) is 10.0 Å². The van der Waals surface area contributed by atoms with Crippen molar-refractivity contribution in [1.82, 2.24) is 4.72 Å². The van der Waals surface area contributed by atoms with E-state index in [1.165, 1.54) is 0 Å². The molecule has 0 radical (unpaired) electrons. The second-order valence-corrected chi connectivity index (χ2v) is 8.24. The van der Waals surface area contributed by atoms with Gasteiger partial charge >= 0.3 is 5.69 Å². The normalized spacial score (nSPS) is 11.5. The molecule has 0 unspecified atom stereocenters. The summed E-state index contributed by atoms with van der Waals surface area (Å²) in [5, 5.41) is 14.2. The Hall–Kier alpha value is -0.840. The van der Waals surface area contributed by atoms with Gasteiger partial charge in [0.15, 0.2) is 5.00 Å². The molecule has 7 nitrogen and oxygen atoms in total. The first-order valence-electron chi connectivity index (χ1n) is 6.43. The van der Waals surface area contributed by atoms with Gasteiger partial charge in [-0.15, -0.1) is 0 Å². The molecule has 0 aliphatic heterocycles. The number of thiophene rings is 1. The molecular formula is C11H19N3O4S3. The molecule has 0 aliphatic rings. The van der Waals surface area contributed by atoms with Crippen molar-refractivity contribution in [2.75, 3.05) is 30.4 Å². The number of hydrogen-bond donors (Lipinski definition) is 2. The number of hydrogen-bond acceptors (Lipinski definition) is 7. The number of rotatable bonds is 10. The minimum atomic E-state index is -3.69. The highest BCUT2D eigenvalue weighted by Gasteiger charge is 2.25. The van der Waals surface area contributed by atoms with Gasteiger partial charge in [0.1, 0.15) is 4.21 Å². The van der Waals surface area contributed by atoms with Gasteiger partial charge in [0.05, 0.1) is 4.92 Å². The van der Waals surface area contributed by atoms with Crippen LogP contribution in [0.15, 0.2) is 10.3 Å². The maximum atomic E-state index is 12.1. The third-order valence-corrected chi connectivity index (χ3v) is 6.22. The summed E-state index contributed by atoms with van der Waals surface area (Å²) >= 11 is 2.53. The summed E-state index contributed by atoms with van der Waals surface area (Å²) in [6, 6.07) is 1.11. The van der Waals surface area contributed by atoms with Crippen LogP contribution in [0, 0.1) is 10.1 Å². The van der Waals surface area contributed by atoms with Gasteiger partial charge in [-0.25, -0.2) is 13.1 Å². The van der Waals surface area contributed by atoms with Crippen LogP contribution in [0.1, 0.15) is 19.8 Å². The Morgan fingerprint density at radius 2 is 2.14 bits per heavy atom. The number of thioether (sulfide) groups is 1. The monoisotopic (exact) mass is 353 g/mol. The van der Waals surface area contributed by atoms with Gasteiger partial charge in [0, 0.05) is 19.2 Å². The Labute approximate surface area is 132 Å². The maximum Gasteiger partial charge on any atom is 0.304 e. The Bertz CT molecular complexity index is 571. The second-order valence-electron chi connectivity index (χ2n) is 4.21. The molecule has 2 N–H and O–H groups in total. The zero-order chi connectivity index (χ0) is 15.9. The first-order chi connectivity index (χ1) is 9.92. The summed E-state index contributed by atoms with van der Waals surface area (Å²) in [7, 11) is -3.69. The van der Waals surface area contributed by atoms with E-state index in [1.54, 1.807) is 11.8 Å². The third kappa shape index (κ3) is 5.46. The largest absolute Gasteiger partial charge is 0.371 e. The van der Waals surface area contributed by atoms with Crippen LogP contribution in [0.25, 0.3) is 0 Å². The number of nitro groups is 1. The number of sulfonamides is 1. The molecule has 0 spiro atoms. The van der Waals surface area contributed by atoms with Crippen molar-refractivity contribution in [3.8, 4) is 0 Å². The van der Waals surface area contributed by atoms with E-state index in [4.69, 9.17) is 0 Å². The first-order valence-corrected chi connectivity index (χ1v) is 10.1. The number of nitrogens with one attached hydrogen (secondary N) is 2. The van der Waals surface area contributed by atoms with Gasteiger partial charge in [-0.05, 0) is 24.9 Å². The van der Waals surface area contributed by atoms with Crippen molar-refractivity contribution in [3.05, 3.63) is 16.2 Å². The van der Waals surface area contributed by atoms with Crippen LogP contribution in [0.2, 0.25) is 0 Å². The predicted molar refractivity (Wildman–Crippen MR) is 87.9 cm³/mol. The quantitative estimate of drug-likeness (QED) is 0.381. The summed E-state index contributed by atoms with van der Waals surface area (Å²) in [5.41, 5.74) is -0.196. The van der Waals surface area contributed by atoms with Crippen LogP contribution in [-0.4, -0.2) is 38.4 Å². The lowest BCUT2D eigenvalue weighted by Gasteiger charge is -2.03. The van der Waals surface area contributed by atoms with E-state index in [9.17, 15) is 18.5 Å².